The van der Waals surface area contributed by atoms with Crippen LogP contribution in [0.2, 0.25) is 0 Å². The smallest absolute Gasteiger partial charge is 0.252 e. The number of halogens is 1. The predicted molar refractivity (Wildman–Crippen MR) is 134 cm³/mol. The molecule has 2 amide bonds. The minimum Gasteiger partial charge on any atom is -0.482 e. The first-order valence-electron chi connectivity index (χ1n) is 11.6. The SMILES string of the molecule is O=C(NCCO)C1=C[C@H](Oc2ccccc2I)[C@@H](O)[C@H](N(Cc2ccoc2)C(=O)C2CCCO2)C1. The molecule has 2 heterocycles. The summed E-state index contributed by atoms with van der Waals surface area (Å²) in [5, 5.41) is 23.2. The van der Waals surface area contributed by atoms with Gasteiger partial charge in [-0.05, 0) is 59.7 Å². The second-order valence-corrected chi connectivity index (χ2v) is 9.71. The van der Waals surface area contributed by atoms with Crippen molar-refractivity contribution in [1.29, 1.82) is 0 Å². The van der Waals surface area contributed by atoms with Crippen LogP contribution in [0.1, 0.15) is 24.8 Å². The third-order valence-corrected chi connectivity index (χ3v) is 7.03. The Hall–Kier alpha value is -2.41. The summed E-state index contributed by atoms with van der Waals surface area (Å²) in [4.78, 5) is 28.0. The minimum atomic E-state index is -1.10. The second kappa shape index (κ2) is 12.0. The van der Waals surface area contributed by atoms with E-state index in [1.165, 1.54) is 6.26 Å². The molecule has 9 nitrogen and oxygen atoms in total. The highest BCUT2D eigenvalue weighted by atomic mass is 127. The molecule has 1 aromatic carbocycles. The van der Waals surface area contributed by atoms with Crippen LogP contribution in [-0.2, 0) is 20.9 Å². The molecule has 1 unspecified atom stereocenters. The monoisotopic (exact) mass is 596 g/mol. The molecule has 0 spiro atoms. The third-order valence-electron chi connectivity index (χ3n) is 6.14. The van der Waals surface area contributed by atoms with Crippen molar-refractivity contribution in [1.82, 2.24) is 10.2 Å². The first kappa shape index (κ1) is 25.7. The number of furan rings is 1. The molecule has 1 fully saturated rings. The number of hydrogen-bond acceptors (Lipinski definition) is 7. The molecule has 35 heavy (non-hydrogen) atoms. The maximum atomic E-state index is 13.5. The van der Waals surface area contributed by atoms with Crippen molar-refractivity contribution in [2.75, 3.05) is 19.8 Å². The van der Waals surface area contributed by atoms with Gasteiger partial charge in [0.25, 0.3) is 5.91 Å². The quantitative estimate of drug-likeness (QED) is 0.379. The number of aliphatic hydroxyl groups is 2. The molecule has 1 saturated heterocycles. The Balaban J connectivity index is 1.66. The molecule has 4 atom stereocenters. The molecular formula is C25H29IN2O7. The average Bonchev–Trinajstić information content (AvgIpc) is 3.58. The lowest BCUT2D eigenvalue weighted by Crippen LogP contribution is -2.56. The first-order chi connectivity index (χ1) is 17.0. The minimum absolute atomic E-state index is 0.0963. The molecule has 4 rings (SSSR count). The molecule has 2 aliphatic rings. The Kier molecular flexibility index (Phi) is 8.82. The van der Waals surface area contributed by atoms with E-state index in [9.17, 15) is 14.7 Å². The van der Waals surface area contributed by atoms with E-state index in [-0.39, 0.29) is 37.9 Å². The molecule has 1 aromatic heterocycles. The van der Waals surface area contributed by atoms with Gasteiger partial charge in [0, 0.05) is 37.3 Å². The maximum absolute atomic E-state index is 13.5. The number of hydrogen-bond donors (Lipinski definition) is 3. The van der Waals surface area contributed by atoms with Gasteiger partial charge in [0.15, 0.2) is 0 Å². The van der Waals surface area contributed by atoms with Crippen LogP contribution >= 0.6 is 22.6 Å². The van der Waals surface area contributed by atoms with E-state index in [2.05, 4.69) is 27.9 Å². The number of ether oxygens (including phenoxy) is 2. The van der Waals surface area contributed by atoms with Crippen molar-refractivity contribution in [2.24, 2.45) is 0 Å². The van der Waals surface area contributed by atoms with E-state index in [0.717, 1.165) is 15.6 Å². The van der Waals surface area contributed by atoms with E-state index < -0.39 is 24.4 Å². The molecule has 1 aliphatic carbocycles. The lowest BCUT2D eigenvalue weighted by molar-refractivity contribution is -0.149. The Morgan fingerprint density at radius 3 is 2.77 bits per heavy atom. The lowest BCUT2D eigenvalue weighted by Gasteiger charge is -2.41. The Bertz CT molecular complexity index is 1040. The van der Waals surface area contributed by atoms with Crippen LogP contribution in [0.25, 0.3) is 0 Å². The van der Waals surface area contributed by atoms with E-state index >= 15 is 0 Å². The fraction of sp³-hybridized carbons (Fsp3) is 0.440. The molecule has 2 aromatic rings. The van der Waals surface area contributed by atoms with Crippen LogP contribution in [-0.4, -0.2) is 71.0 Å². The highest BCUT2D eigenvalue weighted by molar-refractivity contribution is 14.1. The fourth-order valence-corrected chi connectivity index (χ4v) is 4.88. The summed E-state index contributed by atoms with van der Waals surface area (Å²) in [7, 11) is 0. The molecule has 0 saturated carbocycles. The Morgan fingerprint density at radius 1 is 1.26 bits per heavy atom. The van der Waals surface area contributed by atoms with Crippen molar-refractivity contribution in [2.45, 2.75) is 50.2 Å². The van der Waals surface area contributed by atoms with E-state index in [1.807, 2.05) is 18.2 Å². The number of para-hydroxylation sites is 1. The lowest BCUT2D eigenvalue weighted by atomic mass is 9.87. The topological polar surface area (TPSA) is 121 Å². The second-order valence-electron chi connectivity index (χ2n) is 8.55. The number of amides is 2. The molecule has 188 valence electrons. The standard InChI is InChI=1S/C25H29IN2O7/c26-18-4-1-2-5-20(18)35-22-13-17(24(31)27-8-9-29)12-19(23(22)30)28(14-16-7-11-33-15-16)25(32)21-6-3-10-34-21/h1-2,4-5,7,11,13,15,19,21-23,29-30H,3,6,8-10,12,14H2,(H,27,31)/t19-,21?,22+,23+/m1/s1. The maximum Gasteiger partial charge on any atom is 0.252 e. The predicted octanol–water partition coefficient (Wildman–Crippen LogP) is 2.01. The van der Waals surface area contributed by atoms with Crippen LogP contribution < -0.4 is 10.1 Å². The number of rotatable bonds is 9. The van der Waals surface area contributed by atoms with Gasteiger partial charge in [-0.1, -0.05) is 12.1 Å². The van der Waals surface area contributed by atoms with Gasteiger partial charge >= 0.3 is 0 Å². The number of nitrogens with zero attached hydrogens (tertiary/aromatic N) is 1. The van der Waals surface area contributed by atoms with Crippen molar-refractivity contribution < 1.29 is 33.7 Å². The summed E-state index contributed by atoms with van der Waals surface area (Å²) in [6, 6.07) is 8.40. The van der Waals surface area contributed by atoms with Crippen molar-refractivity contribution in [3.05, 3.63) is 63.6 Å². The third kappa shape index (κ3) is 6.24. The molecule has 3 N–H and O–H groups in total. The van der Waals surface area contributed by atoms with Crippen molar-refractivity contribution in [3.8, 4) is 5.75 Å². The zero-order valence-corrected chi connectivity index (χ0v) is 21.3. The Labute approximate surface area is 217 Å². The van der Waals surface area contributed by atoms with E-state index in [0.29, 0.717) is 24.4 Å². The zero-order chi connectivity index (χ0) is 24.8. The largest absolute Gasteiger partial charge is 0.482 e. The number of benzene rings is 1. The summed E-state index contributed by atoms with van der Waals surface area (Å²) in [5.74, 6) is -0.0473. The van der Waals surface area contributed by atoms with Crippen molar-refractivity contribution >= 4 is 34.4 Å². The van der Waals surface area contributed by atoms with Gasteiger partial charge in [-0.2, -0.15) is 0 Å². The number of nitrogens with one attached hydrogen (secondary N) is 1. The summed E-state index contributed by atoms with van der Waals surface area (Å²) in [6.45, 7) is 0.602. The van der Waals surface area contributed by atoms with Crippen LogP contribution in [0.5, 0.6) is 5.75 Å². The summed E-state index contributed by atoms with van der Waals surface area (Å²) in [6.07, 6.45) is 3.63. The summed E-state index contributed by atoms with van der Waals surface area (Å²) >= 11 is 2.14. The van der Waals surface area contributed by atoms with Gasteiger partial charge in [0.05, 0.1) is 28.7 Å². The molecule has 0 bridgehead atoms. The molecule has 10 heteroatoms. The van der Waals surface area contributed by atoms with Gasteiger partial charge < -0.3 is 34.3 Å². The van der Waals surface area contributed by atoms with Gasteiger partial charge in [0.2, 0.25) is 5.91 Å². The fourth-order valence-electron chi connectivity index (χ4n) is 4.36. The first-order valence-corrected chi connectivity index (χ1v) is 12.7. The normalized spacial score (nSPS) is 24.0. The average molecular weight is 596 g/mol. The number of carbonyl (C=O) groups excluding carboxylic acids is 2. The van der Waals surface area contributed by atoms with Gasteiger partial charge in [0.1, 0.15) is 24.1 Å². The highest BCUT2D eigenvalue weighted by Gasteiger charge is 2.42. The molecular weight excluding hydrogens is 567 g/mol. The van der Waals surface area contributed by atoms with Crippen LogP contribution in [0.3, 0.4) is 0 Å². The zero-order valence-electron chi connectivity index (χ0n) is 19.1. The summed E-state index contributed by atoms with van der Waals surface area (Å²) in [5.41, 5.74) is 1.14. The van der Waals surface area contributed by atoms with Crippen LogP contribution in [0, 0.1) is 3.57 Å². The van der Waals surface area contributed by atoms with Crippen LogP contribution in [0.4, 0.5) is 0 Å². The summed E-state index contributed by atoms with van der Waals surface area (Å²) < 4.78 is 17.9. The van der Waals surface area contributed by atoms with Crippen molar-refractivity contribution in [3.63, 3.8) is 0 Å². The van der Waals surface area contributed by atoms with Gasteiger partial charge in [-0.3, -0.25) is 9.59 Å². The highest BCUT2D eigenvalue weighted by Crippen LogP contribution is 2.31. The van der Waals surface area contributed by atoms with Gasteiger partial charge in [-0.25, -0.2) is 0 Å². The van der Waals surface area contributed by atoms with Crippen LogP contribution in [0.15, 0.2) is 58.9 Å². The number of aliphatic hydroxyl groups excluding tert-OH is 2. The molecule has 0 radical (unpaired) electrons. The Morgan fingerprint density at radius 2 is 2.09 bits per heavy atom. The number of carbonyl (C=O) groups is 2. The van der Waals surface area contributed by atoms with E-state index in [4.69, 9.17) is 19.0 Å². The molecule has 1 aliphatic heterocycles. The van der Waals surface area contributed by atoms with Gasteiger partial charge in [-0.15, -0.1) is 0 Å². The van der Waals surface area contributed by atoms with E-state index in [1.54, 1.807) is 29.4 Å².